The molecular weight excluding hydrogens is 565 g/mol. The van der Waals surface area contributed by atoms with E-state index in [2.05, 4.69) is 5.32 Å². The molecule has 0 bridgehead atoms. The molecule has 1 N–H and O–H groups in total. The Hall–Kier alpha value is -3.83. The molecule has 2 rings (SSSR count). The van der Waals surface area contributed by atoms with Crippen molar-refractivity contribution in [2.75, 3.05) is 13.7 Å². The molecule has 0 radical (unpaired) electrons. The molecule has 12 heteroatoms. The number of para-hydroxylation sites is 1. The van der Waals surface area contributed by atoms with Gasteiger partial charge in [-0.05, 0) is 42.7 Å². The van der Waals surface area contributed by atoms with Crippen LogP contribution >= 0.6 is 0 Å². The molecular formula is C30H34F5NO6. The van der Waals surface area contributed by atoms with Crippen molar-refractivity contribution >= 4 is 23.3 Å². The van der Waals surface area contributed by atoms with E-state index in [1.54, 1.807) is 6.92 Å². The van der Waals surface area contributed by atoms with Gasteiger partial charge in [-0.3, -0.25) is 19.2 Å². The van der Waals surface area contributed by atoms with Crippen molar-refractivity contribution in [3.63, 3.8) is 0 Å². The molecule has 0 fully saturated rings. The van der Waals surface area contributed by atoms with Gasteiger partial charge < -0.3 is 14.8 Å². The fraction of sp³-hybridized carbons (Fsp3) is 0.467. The molecule has 42 heavy (non-hydrogen) atoms. The summed E-state index contributed by atoms with van der Waals surface area (Å²) in [6.07, 6.45) is -6.93. The van der Waals surface area contributed by atoms with E-state index in [4.69, 9.17) is 9.47 Å². The lowest BCUT2D eigenvalue weighted by Crippen LogP contribution is -2.41. The number of ether oxygens (including phenoxy) is 2. The van der Waals surface area contributed by atoms with Crippen molar-refractivity contribution in [1.29, 1.82) is 0 Å². The van der Waals surface area contributed by atoms with E-state index in [-0.39, 0.29) is 17.9 Å². The summed E-state index contributed by atoms with van der Waals surface area (Å²) in [5, 5.41) is 2.38. The molecule has 0 saturated carbocycles. The van der Waals surface area contributed by atoms with Crippen molar-refractivity contribution in [3.8, 4) is 11.5 Å². The predicted octanol–water partition coefficient (Wildman–Crippen LogP) is 6.00. The Morgan fingerprint density at radius 2 is 1.48 bits per heavy atom. The maximum Gasteiger partial charge on any atom is 0.450 e. The second kappa shape index (κ2) is 14.4. The van der Waals surface area contributed by atoms with Crippen LogP contribution < -0.4 is 14.8 Å². The molecule has 2 aromatic carbocycles. The van der Waals surface area contributed by atoms with Crippen LogP contribution in [0.15, 0.2) is 48.5 Å². The van der Waals surface area contributed by atoms with Crippen LogP contribution in [0.25, 0.3) is 0 Å². The summed E-state index contributed by atoms with van der Waals surface area (Å²) < 4.78 is 80.1. The number of rotatable bonds is 15. The summed E-state index contributed by atoms with van der Waals surface area (Å²) in [4.78, 5) is 51.1. The van der Waals surface area contributed by atoms with E-state index in [1.807, 2.05) is 0 Å². The number of alkyl halides is 5. The third-order valence-electron chi connectivity index (χ3n) is 6.71. The fourth-order valence-electron chi connectivity index (χ4n) is 4.26. The summed E-state index contributed by atoms with van der Waals surface area (Å²) in [7, 11) is 1.39. The van der Waals surface area contributed by atoms with Crippen molar-refractivity contribution in [3.05, 3.63) is 59.7 Å². The van der Waals surface area contributed by atoms with Crippen LogP contribution in [0.4, 0.5) is 22.0 Å². The lowest BCUT2D eigenvalue weighted by molar-refractivity contribution is -0.177. The normalized spacial score (nSPS) is 14.1. The maximum atomic E-state index is 15.1. The molecule has 230 valence electrons. The number of hydrogen-bond acceptors (Lipinski definition) is 6. The molecule has 0 aliphatic heterocycles. The third kappa shape index (κ3) is 8.59. The number of amides is 1. The number of hydrogen-bond donors (Lipinski definition) is 1. The van der Waals surface area contributed by atoms with Crippen LogP contribution in [-0.2, 0) is 25.1 Å². The average molecular weight is 600 g/mol. The van der Waals surface area contributed by atoms with Gasteiger partial charge >= 0.3 is 12.1 Å². The highest BCUT2D eigenvalue weighted by molar-refractivity contribution is 5.96. The van der Waals surface area contributed by atoms with E-state index < -0.39 is 77.6 Å². The fourth-order valence-corrected chi connectivity index (χ4v) is 4.26. The van der Waals surface area contributed by atoms with E-state index in [0.29, 0.717) is 5.75 Å². The minimum absolute atomic E-state index is 0.0765. The molecule has 2 aromatic rings. The van der Waals surface area contributed by atoms with Gasteiger partial charge in [0.2, 0.25) is 17.5 Å². The number of halogens is 5. The average Bonchev–Trinajstić information content (AvgIpc) is 2.93. The Morgan fingerprint density at radius 1 is 0.881 bits per heavy atom. The molecule has 0 heterocycles. The van der Waals surface area contributed by atoms with Crippen molar-refractivity contribution < 1.29 is 50.6 Å². The van der Waals surface area contributed by atoms with Crippen LogP contribution in [0.2, 0.25) is 0 Å². The lowest BCUT2D eigenvalue weighted by Gasteiger charge is -2.25. The van der Waals surface area contributed by atoms with Crippen molar-refractivity contribution in [2.45, 2.75) is 58.7 Å². The first kappa shape index (κ1) is 34.4. The second-order valence-corrected chi connectivity index (χ2v) is 10.1. The zero-order valence-electron chi connectivity index (χ0n) is 23.9. The van der Waals surface area contributed by atoms with Crippen LogP contribution in [0, 0.1) is 17.8 Å². The minimum atomic E-state index is -5.17. The van der Waals surface area contributed by atoms with E-state index in [0.717, 1.165) is 6.07 Å². The first-order valence-electron chi connectivity index (χ1n) is 13.3. The quantitative estimate of drug-likeness (QED) is 0.252. The molecule has 0 unspecified atom stereocenters. The van der Waals surface area contributed by atoms with Gasteiger partial charge in [0.25, 0.3) is 0 Å². The predicted molar refractivity (Wildman–Crippen MR) is 143 cm³/mol. The topological polar surface area (TPSA) is 98.8 Å². The third-order valence-corrected chi connectivity index (χ3v) is 6.71. The lowest BCUT2D eigenvalue weighted by atomic mass is 9.84. The standard InChI is InChI=1S/C30H34F5NO6/c1-6-42-24-10-8-7-9-22(24)29(31,32)25(38)15-18(4)28(40)36-26(19-11-13-20(41-5)14-12-19)23(37)16-21(17(2)3)27(39)30(33,34)35/h7-14,17-18,21,26H,6,15-16H2,1-5H3,(H,36,40)/t18-,21+,26+/m1/s1. The number of ketones is 3. The van der Waals surface area contributed by atoms with Gasteiger partial charge in [-0.15, -0.1) is 0 Å². The number of nitrogens with one attached hydrogen (secondary N) is 1. The number of carbonyl (C=O) groups excluding carboxylic acids is 4. The SMILES string of the molecule is CCOc1ccccc1C(F)(F)C(=O)C[C@@H](C)C(=O)N[C@H](C(=O)C[C@H](C(=O)C(F)(F)F)C(C)C)c1ccc(OC)cc1. The smallest absolute Gasteiger partial charge is 0.450 e. The maximum absolute atomic E-state index is 15.1. The molecule has 1 amide bonds. The van der Waals surface area contributed by atoms with E-state index in [1.165, 1.54) is 70.3 Å². The van der Waals surface area contributed by atoms with Crippen LogP contribution in [0.1, 0.15) is 57.7 Å². The number of Topliss-reactive ketones (excluding diaryl/α,β-unsaturated/α-hetero) is 3. The highest BCUT2D eigenvalue weighted by Gasteiger charge is 2.46. The summed E-state index contributed by atoms with van der Waals surface area (Å²) in [5.41, 5.74) is -0.504. The first-order valence-corrected chi connectivity index (χ1v) is 13.3. The van der Waals surface area contributed by atoms with Crippen molar-refractivity contribution in [2.24, 2.45) is 17.8 Å². The largest absolute Gasteiger partial charge is 0.497 e. The van der Waals surface area contributed by atoms with Gasteiger partial charge in [-0.1, -0.05) is 45.0 Å². The Bertz CT molecular complexity index is 1260. The minimum Gasteiger partial charge on any atom is -0.497 e. The van der Waals surface area contributed by atoms with Crippen LogP contribution in [-0.4, -0.2) is 43.1 Å². The monoisotopic (exact) mass is 599 g/mol. The summed E-state index contributed by atoms with van der Waals surface area (Å²) in [6, 6.07) is 9.27. The number of carbonyl (C=O) groups is 4. The molecule has 0 spiro atoms. The Kier molecular flexibility index (Phi) is 11.8. The van der Waals surface area contributed by atoms with Crippen LogP contribution in [0.3, 0.4) is 0 Å². The van der Waals surface area contributed by atoms with Crippen molar-refractivity contribution in [1.82, 2.24) is 5.32 Å². The van der Waals surface area contributed by atoms with E-state index >= 15 is 8.78 Å². The van der Waals surface area contributed by atoms with Gasteiger partial charge in [0.1, 0.15) is 17.5 Å². The molecule has 0 aliphatic rings. The molecule has 0 saturated heterocycles. The Morgan fingerprint density at radius 3 is 2.00 bits per heavy atom. The second-order valence-electron chi connectivity index (χ2n) is 10.1. The molecule has 3 atom stereocenters. The highest BCUT2D eigenvalue weighted by Crippen LogP contribution is 2.37. The zero-order chi connectivity index (χ0) is 31.8. The first-order chi connectivity index (χ1) is 19.5. The summed E-state index contributed by atoms with van der Waals surface area (Å²) in [5.74, 6) is -13.2. The highest BCUT2D eigenvalue weighted by atomic mass is 19.4. The van der Waals surface area contributed by atoms with E-state index in [9.17, 15) is 32.3 Å². The zero-order valence-corrected chi connectivity index (χ0v) is 23.9. The Labute approximate surface area is 240 Å². The molecule has 0 aromatic heterocycles. The van der Waals surface area contributed by atoms with Crippen LogP contribution in [0.5, 0.6) is 11.5 Å². The number of benzene rings is 2. The number of methoxy groups -OCH3 is 1. The Balaban J connectivity index is 2.31. The van der Waals surface area contributed by atoms with Gasteiger partial charge in [-0.2, -0.15) is 22.0 Å². The summed E-state index contributed by atoms with van der Waals surface area (Å²) >= 11 is 0. The molecule has 7 nitrogen and oxygen atoms in total. The van der Waals surface area contributed by atoms with Gasteiger partial charge in [0.05, 0.1) is 19.3 Å². The molecule has 0 aliphatic carbocycles. The van der Waals surface area contributed by atoms with Gasteiger partial charge in [-0.25, -0.2) is 0 Å². The van der Waals surface area contributed by atoms with Gasteiger partial charge in [0, 0.05) is 24.7 Å². The van der Waals surface area contributed by atoms with Gasteiger partial charge in [0.15, 0.2) is 5.78 Å². The summed E-state index contributed by atoms with van der Waals surface area (Å²) in [6.45, 7) is 5.59.